The lowest BCUT2D eigenvalue weighted by atomic mass is 10.0. The highest BCUT2D eigenvalue weighted by Crippen LogP contribution is 2.36. The molecule has 0 radical (unpaired) electrons. The Bertz CT molecular complexity index is 405. The highest BCUT2D eigenvalue weighted by atomic mass is 79.9. The SMILES string of the molecule is NC1COc2cc(Br)cc(C(=O)O)c21. The van der Waals surface area contributed by atoms with Gasteiger partial charge in [0.2, 0.25) is 0 Å². The van der Waals surface area contributed by atoms with Gasteiger partial charge >= 0.3 is 5.97 Å². The minimum Gasteiger partial charge on any atom is -0.491 e. The molecule has 4 nitrogen and oxygen atoms in total. The number of rotatable bonds is 1. The van der Waals surface area contributed by atoms with Crippen molar-refractivity contribution in [1.29, 1.82) is 0 Å². The van der Waals surface area contributed by atoms with Crippen molar-refractivity contribution in [1.82, 2.24) is 0 Å². The third-order valence-corrected chi connectivity index (χ3v) is 2.58. The Morgan fingerprint density at radius 2 is 2.36 bits per heavy atom. The zero-order valence-corrected chi connectivity index (χ0v) is 8.74. The third kappa shape index (κ3) is 1.38. The molecule has 1 aliphatic rings. The lowest BCUT2D eigenvalue weighted by molar-refractivity contribution is 0.0695. The van der Waals surface area contributed by atoms with Gasteiger partial charge in [-0.25, -0.2) is 4.79 Å². The smallest absolute Gasteiger partial charge is 0.336 e. The molecule has 0 fully saturated rings. The molecule has 0 spiro atoms. The largest absolute Gasteiger partial charge is 0.491 e. The number of ether oxygens (including phenoxy) is 1. The van der Waals surface area contributed by atoms with Crippen molar-refractivity contribution in [2.45, 2.75) is 6.04 Å². The van der Waals surface area contributed by atoms with Gasteiger partial charge in [0.1, 0.15) is 12.4 Å². The van der Waals surface area contributed by atoms with Gasteiger partial charge in [0.15, 0.2) is 0 Å². The number of carbonyl (C=O) groups is 1. The second kappa shape index (κ2) is 3.25. The number of carboxylic acids is 1. The molecule has 1 aromatic rings. The first-order valence-electron chi connectivity index (χ1n) is 4.04. The molecule has 1 atom stereocenters. The molecule has 74 valence electrons. The number of benzene rings is 1. The van der Waals surface area contributed by atoms with E-state index in [1.165, 1.54) is 6.07 Å². The molecule has 2 rings (SSSR count). The highest BCUT2D eigenvalue weighted by molar-refractivity contribution is 9.10. The minimum atomic E-state index is -0.983. The Morgan fingerprint density at radius 3 is 3.00 bits per heavy atom. The number of hydrogen-bond acceptors (Lipinski definition) is 3. The van der Waals surface area contributed by atoms with Gasteiger partial charge in [-0.3, -0.25) is 0 Å². The van der Waals surface area contributed by atoms with E-state index < -0.39 is 5.97 Å². The zero-order chi connectivity index (χ0) is 10.3. The van der Waals surface area contributed by atoms with Gasteiger partial charge in [0.25, 0.3) is 0 Å². The number of nitrogens with two attached hydrogens (primary N) is 1. The second-order valence-corrected chi connectivity index (χ2v) is 4.00. The summed E-state index contributed by atoms with van der Waals surface area (Å²) in [5.41, 5.74) is 6.52. The third-order valence-electron chi connectivity index (χ3n) is 2.13. The van der Waals surface area contributed by atoms with Crippen LogP contribution in [0.5, 0.6) is 5.75 Å². The van der Waals surface area contributed by atoms with Crippen LogP contribution in [0.1, 0.15) is 22.0 Å². The summed E-state index contributed by atoms with van der Waals surface area (Å²) >= 11 is 3.22. The number of hydrogen-bond donors (Lipinski definition) is 2. The summed E-state index contributed by atoms with van der Waals surface area (Å²) in [4.78, 5) is 10.9. The van der Waals surface area contributed by atoms with Crippen LogP contribution in [-0.4, -0.2) is 17.7 Å². The lowest BCUT2D eigenvalue weighted by Gasteiger charge is -2.06. The molecule has 0 aliphatic carbocycles. The Kier molecular flexibility index (Phi) is 2.20. The van der Waals surface area contributed by atoms with Gasteiger partial charge in [0, 0.05) is 10.0 Å². The number of aromatic carboxylic acids is 1. The van der Waals surface area contributed by atoms with E-state index in [2.05, 4.69) is 15.9 Å². The average molecular weight is 258 g/mol. The predicted octanol–water partition coefficient (Wildman–Crippen LogP) is 1.54. The molecule has 0 bridgehead atoms. The van der Waals surface area contributed by atoms with Crippen LogP contribution in [0.15, 0.2) is 16.6 Å². The summed E-state index contributed by atoms with van der Waals surface area (Å²) in [5.74, 6) is -0.423. The molecule has 0 saturated carbocycles. The Labute approximate surface area is 88.8 Å². The van der Waals surface area contributed by atoms with Gasteiger partial charge in [-0.1, -0.05) is 15.9 Å². The van der Waals surface area contributed by atoms with Crippen molar-refractivity contribution in [3.8, 4) is 5.75 Å². The number of carboxylic acid groups (broad SMARTS) is 1. The molecule has 1 aromatic carbocycles. The maximum absolute atomic E-state index is 10.9. The molecular weight excluding hydrogens is 250 g/mol. The van der Waals surface area contributed by atoms with E-state index >= 15 is 0 Å². The second-order valence-electron chi connectivity index (χ2n) is 3.09. The van der Waals surface area contributed by atoms with Crippen molar-refractivity contribution in [3.63, 3.8) is 0 Å². The molecule has 0 amide bonds. The first-order chi connectivity index (χ1) is 6.59. The van der Waals surface area contributed by atoms with Crippen LogP contribution in [0.4, 0.5) is 0 Å². The van der Waals surface area contributed by atoms with Gasteiger partial charge < -0.3 is 15.6 Å². The summed E-state index contributed by atoms with van der Waals surface area (Å²) in [5, 5.41) is 8.96. The Balaban J connectivity index is 2.65. The van der Waals surface area contributed by atoms with Crippen LogP contribution in [-0.2, 0) is 0 Å². The van der Waals surface area contributed by atoms with Crippen molar-refractivity contribution in [2.75, 3.05) is 6.61 Å². The highest BCUT2D eigenvalue weighted by Gasteiger charge is 2.27. The van der Waals surface area contributed by atoms with E-state index in [-0.39, 0.29) is 11.6 Å². The first kappa shape index (κ1) is 9.48. The van der Waals surface area contributed by atoms with Crippen LogP contribution >= 0.6 is 15.9 Å². The zero-order valence-electron chi connectivity index (χ0n) is 7.16. The standard InChI is InChI=1S/C9H8BrNO3/c10-4-1-5(9(12)13)8-6(11)3-14-7(8)2-4/h1-2,6H,3,11H2,(H,12,13). The van der Waals surface area contributed by atoms with E-state index in [0.29, 0.717) is 22.4 Å². The molecule has 0 aromatic heterocycles. The van der Waals surface area contributed by atoms with Crippen LogP contribution in [0.2, 0.25) is 0 Å². The Morgan fingerprint density at radius 1 is 1.64 bits per heavy atom. The predicted molar refractivity (Wildman–Crippen MR) is 53.5 cm³/mol. The van der Waals surface area contributed by atoms with Crippen LogP contribution in [0.25, 0.3) is 0 Å². The van der Waals surface area contributed by atoms with Gasteiger partial charge in [-0.2, -0.15) is 0 Å². The fourth-order valence-electron chi connectivity index (χ4n) is 1.53. The summed E-state index contributed by atoms with van der Waals surface area (Å²) < 4.78 is 5.95. The summed E-state index contributed by atoms with van der Waals surface area (Å²) in [6.45, 7) is 0.339. The normalized spacial score (nSPS) is 18.9. The van der Waals surface area contributed by atoms with Gasteiger partial charge in [-0.05, 0) is 12.1 Å². The molecule has 5 heteroatoms. The van der Waals surface area contributed by atoms with Gasteiger partial charge in [-0.15, -0.1) is 0 Å². The lowest BCUT2D eigenvalue weighted by Crippen LogP contribution is -2.14. The average Bonchev–Trinajstić information content (AvgIpc) is 2.46. The fourth-order valence-corrected chi connectivity index (χ4v) is 1.97. The molecule has 0 saturated heterocycles. The number of fused-ring (bicyclic) bond motifs is 1. The summed E-state index contributed by atoms with van der Waals surface area (Å²) in [7, 11) is 0. The molecule has 1 aliphatic heterocycles. The van der Waals surface area contributed by atoms with Crippen molar-refractivity contribution in [2.24, 2.45) is 5.73 Å². The van der Waals surface area contributed by atoms with Gasteiger partial charge in [0.05, 0.1) is 11.6 Å². The summed E-state index contributed by atoms with van der Waals surface area (Å²) in [6.07, 6.45) is 0. The first-order valence-corrected chi connectivity index (χ1v) is 4.84. The van der Waals surface area contributed by atoms with E-state index in [0.717, 1.165) is 0 Å². The van der Waals surface area contributed by atoms with Crippen molar-refractivity contribution >= 4 is 21.9 Å². The van der Waals surface area contributed by atoms with Crippen molar-refractivity contribution < 1.29 is 14.6 Å². The number of halogens is 1. The van der Waals surface area contributed by atoms with E-state index in [4.69, 9.17) is 15.6 Å². The van der Waals surface area contributed by atoms with Crippen LogP contribution in [0.3, 0.4) is 0 Å². The maximum atomic E-state index is 10.9. The van der Waals surface area contributed by atoms with E-state index in [1.807, 2.05) is 0 Å². The maximum Gasteiger partial charge on any atom is 0.336 e. The fraction of sp³-hybridized carbons (Fsp3) is 0.222. The van der Waals surface area contributed by atoms with Crippen LogP contribution in [0, 0.1) is 0 Å². The Hall–Kier alpha value is -1.07. The minimum absolute atomic E-state index is 0.208. The molecule has 1 heterocycles. The monoisotopic (exact) mass is 257 g/mol. The molecule has 14 heavy (non-hydrogen) atoms. The molecule has 1 unspecified atom stereocenters. The van der Waals surface area contributed by atoms with Crippen LogP contribution < -0.4 is 10.5 Å². The quantitative estimate of drug-likeness (QED) is 0.801. The van der Waals surface area contributed by atoms with Crippen molar-refractivity contribution in [3.05, 3.63) is 27.7 Å². The van der Waals surface area contributed by atoms with E-state index in [1.54, 1.807) is 6.07 Å². The molecule has 3 N–H and O–H groups in total. The molecular formula is C9H8BrNO3. The van der Waals surface area contributed by atoms with E-state index in [9.17, 15) is 4.79 Å². The topological polar surface area (TPSA) is 72.5 Å². The summed E-state index contributed by atoms with van der Waals surface area (Å²) in [6, 6.07) is 2.92.